The monoisotopic (exact) mass is 405 g/mol. The van der Waals surface area contributed by atoms with Crippen molar-refractivity contribution in [3.8, 4) is 0 Å². The van der Waals surface area contributed by atoms with Gasteiger partial charge in [-0.3, -0.25) is 9.59 Å². The van der Waals surface area contributed by atoms with E-state index in [-0.39, 0.29) is 21.9 Å². The van der Waals surface area contributed by atoms with Gasteiger partial charge in [0.15, 0.2) is 0 Å². The van der Waals surface area contributed by atoms with Crippen molar-refractivity contribution in [2.45, 2.75) is 36.4 Å². The molecule has 6 heteroatoms. The number of thioether (sulfide) groups is 1. The Morgan fingerprint density at radius 3 is 2.79 bits per heavy atom. The Bertz CT molecular complexity index is 1120. The van der Waals surface area contributed by atoms with Gasteiger partial charge in [0.05, 0.1) is 0 Å². The van der Waals surface area contributed by atoms with E-state index in [9.17, 15) is 9.59 Å². The summed E-state index contributed by atoms with van der Waals surface area (Å²) >= 11 is 1.69. The van der Waals surface area contributed by atoms with Crippen LogP contribution in [-0.2, 0) is 11.2 Å². The lowest BCUT2D eigenvalue weighted by Crippen LogP contribution is -2.52. The first-order chi connectivity index (χ1) is 14.0. The second-order valence-electron chi connectivity index (χ2n) is 8.18. The van der Waals surface area contributed by atoms with Gasteiger partial charge in [0.25, 0.3) is 5.91 Å². The Hall–Kier alpha value is -2.73. The molecule has 0 aliphatic carbocycles. The summed E-state index contributed by atoms with van der Waals surface area (Å²) in [5, 5.41) is 4.18. The maximum Gasteiger partial charge on any atom is 0.256 e. The number of H-pyrrole nitrogens is 1. The molecule has 2 amide bonds. The van der Waals surface area contributed by atoms with E-state index in [0.717, 1.165) is 23.1 Å². The van der Waals surface area contributed by atoms with Crippen molar-refractivity contribution >= 4 is 34.5 Å². The zero-order valence-corrected chi connectivity index (χ0v) is 17.3. The van der Waals surface area contributed by atoms with Crippen LogP contribution >= 0.6 is 11.8 Å². The van der Waals surface area contributed by atoms with Gasteiger partial charge in [-0.2, -0.15) is 0 Å². The molecule has 3 aromatic rings. The van der Waals surface area contributed by atoms with Crippen molar-refractivity contribution in [1.29, 1.82) is 0 Å². The number of amides is 2. The first kappa shape index (κ1) is 18.3. The number of hydrogen-bond acceptors (Lipinski definition) is 3. The molecule has 2 aliphatic rings. The number of rotatable bonds is 4. The van der Waals surface area contributed by atoms with Crippen LogP contribution in [0.4, 0.5) is 0 Å². The second kappa shape index (κ2) is 6.66. The van der Waals surface area contributed by atoms with Crippen LogP contribution in [0.25, 0.3) is 10.9 Å². The van der Waals surface area contributed by atoms with Gasteiger partial charge in [-0.1, -0.05) is 36.4 Å². The van der Waals surface area contributed by atoms with Gasteiger partial charge in [0, 0.05) is 34.0 Å². The van der Waals surface area contributed by atoms with Crippen LogP contribution in [0.5, 0.6) is 0 Å². The van der Waals surface area contributed by atoms with E-state index < -0.39 is 6.04 Å². The lowest BCUT2D eigenvalue weighted by atomic mass is 10.0. The van der Waals surface area contributed by atoms with Crippen LogP contribution in [0.3, 0.4) is 0 Å². The molecule has 0 unspecified atom stereocenters. The predicted octanol–water partition coefficient (Wildman–Crippen LogP) is 3.88. The third-order valence-corrected chi connectivity index (χ3v) is 7.45. The minimum atomic E-state index is -0.486. The SMILES string of the molecule is CC1(C)S[C@@H]2c3ccccc3C(=O)N2[C@H]1C(=O)NCCc1c[nH]c2ccccc12. The van der Waals surface area contributed by atoms with Crippen LogP contribution in [-0.4, -0.2) is 39.0 Å². The summed E-state index contributed by atoms with van der Waals surface area (Å²) in [6, 6.07) is 15.4. The van der Waals surface area contributed by atoms with Crippen LogP contribution in [0.15, 0.2) is 54.7 Å². The summed E-state index contributed by atoms with van der Waals surface area (Å²) in [6.45, 7) is 4.64. The van der Waals surface area contributed by atoms with Crippen LogP contribution in [0.1, 0.15) is 40.7 Å². The van der Waals surface area contributed by atoms with Gasteiger partial charge in [0.1, 0.15) is 11.4 Å². The number of carbonyl (C=O) groups is 2. The first-order valence-electron chi connectivity index (χ1n) is 9.89. The van der Waals surface area contributed by atoms with Crippen molar-refractivity contribution < 1.29 is 9.59 Å². The van der Waals surface area contributed by atoms with Gasteiger partial charge in [-0.05, 0) is 43.5 Å². The number of aromatic amines is 1. The number of para-hydroxylation sites is 1. The second-order valence-corrected chi connectivity index (χ2v) is 9.91. The summed E-state index contributed by atoms with van der Waals surface area (Å²) in [5.74, 6) is -0.119. The molecule has 3 heterocycles. The predicted molar refractivity (Wildman–Crippen MR) is 116 cm³/mol. The van der Waals surface area contributed by atoms with E-state index in [1.165, 1.54) is 10.9 Å². The third kappa shape index (κ3) is 2.85. The molecule has 148 valence electrons. The number of nitrogens with one attached hydrogen (secondary N) is 2. The molecule has 1 saturated heterocycles. The van der Waals surface area contributed by atoms with Gasteiger partial charge in [-0.15, -0.1) is 11.8 Å². The van der Waals surface area contributed by atoms with Crippen molar-refractivity contribution in [2.24, 2.45) is 0 Å². The summed E-state index contributed by atoms with van der Waals surface area (Å²) < 4.78 is -0.348. The highest BCUT2D eigenvalue weighted by Gasteiger charge is 2.57. The average Bonchev–Trinajstić information content (AvgIpc) is 3.32. The fourth-order valence-electron chi connectivity index (χ4n) is 4.56. The van der Waals surface area contributed by atoms with E-state index in [4.69, 9.17) is 0 Å². The lowest BCUT2D eigenvalue weighted by molar-refractivity contribution is -0.126. The molecule has 2 atom stereocenters. The highest BCUT2D eigenvalue weighted by molar-refractivity contribution is 8.01. The molecule has 5 nitrogen and oxygen atoms in total. The van der Waals surface area contributed by atoms with Crippen LogP contribution in [0, 0.1) is 0 Å². The molecule has 2 aromatic carbocycles. The summed E-state index contributed by atoms with van der Waals surface area (Å²) in [5.41, 5.74) is 4.02. The summed E-state index contributed by atoms with van der Waals surface area (Å²) in [4.78, 5) is 31.2. The van der Waals surface area contributed by atoms with Crippen molar-refractivity contribution in [3.63, 3.8) is 0 Å². The highest BCUT2D eigenvalue weighted by Crippen LogP contribution is 2.56. The number of nitrogens with zero attached hydrogens (tertiary/aromatic N) is 1. The minimum absolute atomic E-state index is 0.0412. The van der Waals surface area contributed by atoms with Crippen LogP contribution < -0.4 is 5.32 Å². The van der Waals surface area contributed by atoms with Gasteiger partial charge < -0.3 is 15.2 Å². The number of aromatic nitrogens is 1. The molecule has 2 aliphatic heterocycles. The van der Waals surface area contributed by atoms with Crippen molar-refractivity contribution in [2.75, 3.05) is 6.54 Å². The molecule has 0 bridgehead atoms. The van der Waals surface area contributed by atoms with Crippen molar-refractivity contribution in [3.05, 3.63) is 71.4 Å². The standard InChI is InChI=1S/C23H23N3O2S/c1-23(2)19(26-21(28)16-8-3-4-9-17(16)22(26)29-23)20(27)24-12-11-14-13-25-18-10-6-5-7-15(14)18/h3-10,13,19,22,25H,11-12H2,1-2H3,(H,24,27)/t19-,22+/m0/s1. The summed E-state index contributed by atoms with van der Waals surface area (Å²) in [7, 11) is 0. The first-order valence-corrected chi connectivity index (χ1v) is 10.8. The normalized spacial score (nSPS) is 22.0. The van der Waals surface area contributed by atoms with E-state index in [1.807, 2.05) is 48.7 Å². The number of carbonyl (C=O) groups excluding carboxylic acids is 2. The van der Waals surface area contributed by atoms with Crippen LogP contribution in [0.2, 0.25) is 0 Å². The Labute approximate surface area is 173 Å². The van der Waals surface area contributed by atoms with E-state index in [0.29, 0.717) is 6.54 Å². The summed E-state index contributed by atoms with van der Waals surface area (Å²) in [6.07, 6.45) is 2.75. The highest BCUT2D eigenvalue weighted by atomic mass is 32.2. The maximum absolute atomic E-state index is 13.2. The third-order valence-electron chi connectivity index (χ3n) is 5.91. The largest absolute Gasteiger partial charge is 0.361 e. The number of hydrogen-bond donors (Lipinski definition) is 2. The molecule has 2 N–H and O–H groups in total. The van der Waals surface area contributed by atoms with Gasteiger partial charge in [-0.25, -0.2) is 0 Å². The molecule has 0 saturated carbocycles. The zero-order chi connectivity index (χ0) is 20.2. The molecular weight excluding hydrogens is 382 g/mol. The molecule has 5 rings (SSSR count). The Kier molecular flexibility index (Phi) is 4.21. The average molecular weight is 406 g/mol. The van der Waals surface area contributed by atoms with E-state index in [2.05, 4.69) is 30.2 Å². The van der Waals surface area contributed by atoms with Crippen molar-refractivity contribution in [1.82, 2.24) is 15.2 Å². The number of benzene rings is 2. The molecule has 29 heavy (non-hydrogen) atoms. The Balaban J connectivity index is 1.32. The lowest BCUT2D eigenvalue weighted by Gasteiger charge is -2.29. The molecule has 1 fully saturated rings. The van der Waals surface area contributed by atoms with E-state index in [1.54, 1.807) is 16.7 Å². The molecule has 0 spiro atoms. The molecule has 0 radical (unpaired) electrons. The fraction of sp³-hybridized carbons (Fsp3) is 0.304. The maximum atomic E-state index is 13.2. The Morgan fingerprint density at radius 2 is 1.93 bits per heavy atom. The fourth-order valence-corrected chi connectivity index (χ4v) is 6.15. The molecular formula is C23H23N3O2S. The smallest absolute Gasteiger partial charge is 0.256 e. The quantitative estimate of drug-likeness (QED) is 0.692. The topological polar surface area (TPSA) is 65.2 Å². The molecule has 1 aromatic heterocycles. The van der Waals surface area contributed by atoms with E-state index >= 15 is 0 Å². The van der Waals surface area contributed by atoms with Gasteiger partial charge in [0.2, 0.25) is 5.91 Å². The number of fused-ring (bicyclic) bond motifs is 4. The zero-order valence-electron chi connectivity index (χ0n) is 16.4. The minimum Gasteiger partial charge on any atom is -0.361 e. The van der Waals surface area contributed by atoms with Gasteiger partial charge >= 0.3 is 0 Å². The Morgan fingerprint density at radius 1 is 1.17 bits per heavy atom.